The Morgan fingerprint density at radius 2 is 1.42 bits per heavy atom. The van der Waals surface area contributed by atoms with Crippen molar-refractivity contribution in [2.24, 2.45) is 7.05 Å². The lowest BCUT2D eigenvalue weighted by atomic mass is 9.86. The van der Waals surface area contributed by atoms with Gasteiger partial charge in [-0.3, -0.25) is 4.98 Å². The number of aryl methyl sites for hydroxylation is 3. The molecule has 0 amide bonds. The second-order valence-corrected chi connectivity index (χ2v) is 13.1. The summed E-state index contributed by atoms with van der Waals surface area (Å²) in [4.78, 5) is 10.1. The molecule has 0 aliphatic rings. The lowest BCUT2D eigenvalue weighted by molar-refractivity contribution is 0.475. The van der Waals surface area contributed by atoms with Gasteiger partial charge in [-0.05, 0) is 94.6 Å². The van der Waals surface area contributed by atoms with Gasteiger partial charge in [0.15, 0.2) is 0 Å². The molecular formula is C41H37N3O. The Morgan fingerprint density at radius 1 is 0.667 bits per heavy atom. The van der Waals surface area contributed by atoms with Crippen molar-refractivity contribution in [1.82, 2.24) is 14.5 Å². The number of para-hydroxylation sites is 1. The summed E-state index contributed by atoms with van der Waals surface area (Å²) >= 11 is 0. The van der Waals surface area contributed by atoms with Crippen LogP contribution < -0.4 is 0 Å². The normalized spacial score (nSPS) is 11.9. The maximum Gasteiger partial charge on any atom is 0.144 e. The average Bonchev–Trinajstić information content (AvgIpc) is 3.36. The van der Waals surface area contributed by atoms with Gasteiger partial charge in [0, 0.05) is 29.8 Å². The van der Waals surface area contributed by atoms with Gasteiger partial charge in [0.2, 0.25) is 0 Å². The molecule has 0 atom stereocenters. The lowest BCUT2D eigenvalue weighted by Crippen LogP contribution is -2.11. The van der Waals surface area contributed by atoms with Crippen molar-refractivity contribution in [3.8, 4) is 50.5 Å². The highest BCUT2D eigenvalue weighted by molar-refractivity contribution is 6.05. The first-order valence-electron chi connectivity index (χ1n) is 15.5. The Balaban J connectivity index is 1.41. The third-order valence-corrected chi connectivity index (χ3v) is 8.86. The molecule has 0 unspecified atom stereocenters. The number of phenolic OH excluding ortho intramolecular Hbond substituents is 1. The highest BCUT2D eigenvalue weighted by Crippen LogP contribution is 2.41. The number of benzene rings is 5. The van der Waals surface area contributed by atoms with Crippen molar-refractivity contribution in [2.45, 2.75) is 40.0 Å². The van der Waals surface area contributed by atoms with E-state index >= 15 is 0 Å². The van der Waals surface area contributed by atoms with Crippen LogP contribution in [0.5, 0.6) is 5.75 Å². The molecule has 45 heavy (non-hydrogen) atoms. The maximum absolute atomic E-state index is 10.9. The zero-order valence-electron chi connectivity index (χ0n) is 26.7. The zero-order chi connectivity index (χ0) is 31.5. The average molecular weight is 588 g/mol. The summed E-state index contributed by atoms with van der Waals surface area (Å²) in [6.45, 7) is 10.9. The molecule has 0 bridgehead atoms. The smallest absolute Gasteiger partial charge is 0.144 e. The molecule has 7 aromatic rings. The van der Waals surface area contributed by atoms with Crippen molar-refractivity contribution in [3.05, 3.63) is 126 Å². The van der Waals surface area contributed by atoms with E-state index < -0.39 is 0 Å². The van der Waals surface area contributed by atoms with Crippen LogP contribution in [0.4, 0.5) is 0 Å². The summed E-state index contributed by atoms with van der Waals surface area (Å²) in [5.74, 6) is 0.978. The number of fused-ring (bicyclic) bond motifs is 2. The fourth-order valence-electron chi connectivity index (χ4n) is 6.56. The van der Waals surface area contributed by atoms with Crippen molar-refractivity contribution in [1.29, 1.82) is 0 Å². The van der Waals surface area contributed by atoms with Gasteiger partial charge in [-0.1, -0.05) is 87.5 Å². The molecule has 2 heterocycles. The number of aromatic hydroxyl groups is 1. The molecular weight excluding hydrogens is 550 g/mol. The first-order chi connectivity index (χ1) is 21.6. The molecule has 4 nitrogen and oxygen atoms in total. The van der Waals surface area contributed by atoms with Crippen LogP contribution in [-0.4, -0.2) is 19.6 Å². The van der Waals surface area contributed by atoms with Crippen LogP contribution in [0.25, 0.3) is 66.7 Å². The molecule has 1 N–H and O–H groups in total. The van der Waals surface area contributed by atoms with Gasteiger partial charge in [-0.2, -0.15) is 0 Å². The van der Waals surface area contributed by atoms with Gasteiger partial charge < -0.3 is 9.67 Å². The molecule has 0 fully saturated rings. The number of hydrogen-bond donors (Lipinski definition) is 1. The van der Waals surface area contributed by atoms with Crippen LogP contribution in [0.15, 0.2) is 109 Å². The predicted molar refractivity (Wildman–Crippen MR) is 188 cm³/mol. The molecule has 222 valence electrons. The molecule has 0 aliphatic heterocycles. The monoisotopic (exact) mass is 587 g/mol. The highest BCUT2D eigenvalue weighted by atomic mass is 16.3. The van der Waals surface area contributed by atoms with Crippen LogP contribution in [0.3, 0.4) is 0 Å². The molecule has 0 saturated carbocycles. The summed E-state index contributed by atoms with van der Waals surface area (Å²) in [5.41, 5.74) is 14.0. The molecule has 2 aromatic heterocycles. The summed E-state index contributed by atoms with van der Waals surface area (Å²) in [7, 11) is 2.02. The summed E-state index contributed by atoms with van der Waals surface area (Å²) in [5, 5.41) is 12.1. The van der Waals surface area contributed by atoms with Crippen LogP contribution in [0.2, 0.25) is 0 Å². The summed E-state index contributed by atoms with van der Waals surface area (Å²) in [6.07, 6.45) is 1.88. The maximum atomic E-state index is 10.9. The second-order valence-electron chi connectivity index (χ2n) is 13.1. The number of rotatable bonds is 4. The van der Waals surface area contributed by atoms with Gasteiger partial charge in [-0.15, -0.1) is 0 Å². The first-order valence-corrected chi connectivity index (χ1v) is 15.5. The standard InChI is InChI=1S/C41H37N3O/c1-25-20-28(23-29(21-25)33-22-26(2)37(27-12-8-7-9-13-27)32-15-11-19-42-38(32)33)31-14-10-16-35-39(31)43-40(44(35)6)34-24-30(41(3,4)5)17-18-36(34)45/h7-24,45H,1-6H3. The van der Waals surface area contributed by atoms with Crippen LogP contribution in [0, 0.1) is 13.8 Å². The second kappa shape index (κ2) is 10.7. The van der Waals surface area contributed by atoms with Gasteiger partial charge in [0.25, 0.3) is 0 Å². The van der Waals surface area contributed by atoms with Gasteiger partial charge >= 0.3 is 0 Å². The van der Waals surface area contributed by atoms with Crippen molar-refractivity contribution >= 4 is 21.9 Å². The minimum atomic E-state index is -0.0488. The van der Waals surface area contributed by atoms with Gasteiger partial charge in [0.1, 0.15) is 11.6 Å². The Kier molecular flexibility index (Phi) is 6.81. The van der Waals surface area contributed by atoms with E-state index in [0.29, 0.717) is 0 Å². The Labute approximate surface area is 264 Å². The molecule has 7 rings (SSSR count). The van der Waals surface area contributed by atoms with Gasteiger partial charge in [0.05, 0.1) is 22.1 Å². The minimum Gasteiger partial charge on any atom is -0.507 e. The third kappa shape index (κ3) is 4.97. The molecule has 0 aliphatic carbocycles. The van der Waals surface area contributed by atoms with E-state index in [1.807, 2.05) is 25.4 Å². The largest absolute Gasteiger partial charge is 0.507 e. The Morgan fingerprint density at radius 3 is 2.18 bits per heavy atom. The molecule has 4 heteroatoms. The zero-order valence-corrected chi connectivity index (χ0v) is 26.7. The van der Waals surface area contributed by atoms with E-state index in [-0.39, 0.29) is 11.2 Å². The Hall–Kier alpha value is -5.22. The number of hydrogen-bond acceptors (Lipinski definition) is 3. The quantitative estimate of drug-likeness (QED) is 0.223. The van der Waals surface area contributed by atoms with E-state index in [9.17, 15) is 5.11 Å². The van der Waals surface area contributed by atoms with Crippen LogP contribution in [0.1, 0.15) is 37.5 Å². The molecule has 0 radical (unpaired) electrons. The van der Waals surface area contributed by atoms with E-state index in [1.165, 1.54) is 22.3 Å². The van der Waals surface area contributed by atoms with E-state index in [1.54, 1.807) is 6.07 Å². The highest BCUT2D eigenvalue weighted by Gasteiger charge is 2.21. The number of imidazole rings is 1. The van der Waals surface area contributed by atoms with Gasteiger partial charge in [-0.25, -0.2) is 4.98 Å². The SMILES string of the molecule is Cc1cc(-c2cc(C)c(-c3ccccc3)c3cccnc23)cc(-c2cccc3c2nc(-c2cc(C(C)(C)C)ccc2O)n3C)c1. The molecule has 5 aromatic carbocycles. The van der Waals surface area contributed by atoms with Crippen molar-refractivity contribution in [3.63, 3.8) is 0 Å². The number of aromatic nitrogens is 3. The fraction of sp³-hybridized carbons (Fsp3) is 0.171. The number of pyridine rings is 1. The lowest BCUT2D eigenvalue weighted by Gasteiger charge is -2.20. The Bertz CT molecular complexity index is 2240. The van der Waals surface area contributed by atoms with E-state index in [2.05, 4.69) is 124 Å². The fourth-order valence-corrected chi connectivity index (χ4v) is 6.56. The molecule has 0 spiro atoms. The van der Waals surface area contributed by atoms with Crippen molar-refractivity contribution in [2.75, 3.05) is 0 Å². The first kappa shape index (κ1) is 28.5. The topological polar surface area (TPSA) is 50.9 Å². The van der Waals surface area contributed by atoms with Crippen LogP contribution in [-0.2, 0) is 12.5 Å². The number of nitrogens with zero attached hydrogens (tertiary/aromatic N) is 3. The van der Waals surface area contributed by atoms with Crippen molar-refractivity contribution < 1.29 is 5.11 Å². The predicted octanol–water partition coefficient (Wildman–Crippen LogP) is 10.4. The van der Waals surface area contributed by atoms with E-state index in [0.717, 1.165) is 61.1 Å². The molecule has 0 saturated heterocycles. The third-order valence-electron chi connectivity index (χ3n) is 8.86. The van der Waals surface area contributed by atoms with Crippen LogP contribution >= 0.6 is 0 Å². The number of phenols is 1. The summed E-state index contributed by atoms with van der Waals surface area (Å²) in [6, 6.07) is 36.0. The van der Waals surface area contributed by atoms with E-state index in [4.69, 9.17) is 9.97 Å². The summed E-state index contributed by atoms with van der Waals surface area (Å²) < 4.78 is 2.08. The minimum absolute atomic E-state index is 0.0488.